The first-order valence-corrected chi connectivity index (χ1v) is 7.86. The highest BCUT2D eigenvalue weighted by atomic mass is 15.2. The van der Waals surface area contributed by atoms with Crippen molar-refractivity contribution < 1.29 is 0 Å². The molecule has 2 heteroatoms. The molecule has 2 aliphatic rings. The molecule has 2 heterocycles. The van der Waals surface area contributed by atoms with E-state index in [1.807, 2.05) is 0 Å². The zero-order valence-corrected chi connectivity index (χ0v) is 12.9. The van der Waals surface area contributed by atoms with Crippen molar-refractivity contribution >= 4 is 0 Å². The molecular formula is C16H32N2. The third-order valence-corrected chi connectivity index (χ3v) is 5.09. The molecular weight excluding hydrogens is 220 g/mol. The van der Waals surface area contributed by atoms with Crippen molar-refractivity contribution in [3.8, 4) is 0 Å². The lowest BCUT2D eigenvalue weighted by Gasteiger charge is -2.44. The van der Waals surface area contributed by atoms with Gasteiger partial charge in [-0.3, -0.25) is 0 Å². The van der Waals surface area contributed by atoms with Gasteiger partial charge in [-0.25, -0.2) is 0 Å². The topological polar surface area (TPSA) is 15.3 Å². The molecule has 0 aliphatic carbocycles. The van der Waals surface area contributed by atoms with Crippen molar-refractivity contribution in [1.29, 1.82) is 0 Å². The van der Waals surface area contributed by atoms with Crippen molar-refractivity contribution in [2.24, 2.45) is 11.3 Å². The maximum atomic E-state index is 3.74. The summed E-state index contributed by atoms with van der Waals surface area (Å²) >= 11 is 0. The Morgan fingerprint density at radius 3 is 2.33 bits per heavy atom. The fourth-order valence-electron chi connectivity index (χ4n) is 3.70. The van der Waals surface area contributed by atoms with Gasteiger partial charge in [0.25, 0.3) is 0 Å². The molecule has 106 valence electrons. The molecule has 2 fully saturated rings. The minimum Gasteiger partial charge on any atom is -0.310 e. The molecule has 2 saturated heterocycles. The number of nitrogens with one attached hydrogen (secondary N) is 1. The van der Waals surface area contributed by atoms with E-state index in [2.05, 4.69) is 37.9 Å². The van der Waals surface area contributed by atoms with Crippen LogP contribution >= 0.6 is 0 Å². The third-order valence-electron chi connectivity index (χ3n) is 5.09. The van der Waals surface area contributed by atoms with E-state index in [0.717, 1.165) is 5.92 Å². The van der Waals surface area contributed by atoms with Crippen LogP contribution in [-0.2, 0) is 0 Å². The standard InChI is InChI=1S/C16H32N2/c1-15(2,3)14-7-11-18(12-8-14)13-16(4)9-5-6-10-17-16/h14,17H,5-13H2,1-4H3. The van der Waals surface area contributed by atoms with Gasteiger partial charge in [0.15, 0.2) is 0 Å². The van der Waals surface area contributed by atoms with Crippen LogP contribution in [0.5, 0.6) is 0 Å². The lowest BCUT2D eigenvalue weighted by molar-refractivity contribution is 0.0838. The SMILES string of the molecule is CC1(CN2CCC(C(C)(C)C)CC2)CCCCN1. The second kappa shape index (κ2) is 5.50. The maximum absolute atomic E-state index is 3.74. The van der Waals surface area contributed by atoms with Crippen molar-refractivity contribution in [3.63, 3.8) is 0 Å². The molecule has 0 saturated carbocycles. The fraction of sp³-hybridized carbons (Fsp3) is 1.00. The van der Waals surface area contributed by atoms with Gasteiger partial charge in [-0.15, -0.1) is 0 Å². The number of likely N-dealkylation sites (tertiary alicyclic amines) is 1. The van der Waals surface area contributed by atoms with Gasteiger partial charge >= 0.3 is 0 Å². The molecule has 0 aromatic carbocycles. The van der Waals surface area contributed by atoms with Crippen molar-refractivity contribution in [2.75, 3.05) is 26.2 Å². The lowest BCUT2D eigenvalue weighted by atomic mass is 9.75. The van der Waals surface area contributed by atoms with Crippen LogP contribution in [0.1, 0.15) is 59.8 Å². The van der Waals surface area contributed by atoms with Crippen molar-refractivity contribution in [2.45, 2.75) is 65.3 Å². The van der Waals surface area contributed by atoms with Gasteiger partial charge < -0.3 is 10.2 Å². The third kappa shape index (κ3) is 3.71. The first kappa shape index (κ1) is 14.3. The molecule has 0 aromatic rings. The summed E-state index contributed by atoms with van der Waals surface area (Å²) in [5.74, 6) is 0.917. The average Bonchev–Trinajstić information content (AvgIpc) is 2.29. The molecule has 2 nitrogen and oxygen atoms in total. The molecule has 1 N–H and O–H groups in total. The van der Waals surface area contributed by atoms with Crippen LogP contribution in [0, 0.1) is 11.3 Å². The smallest absolute Gasteiger partial charge is 0.0280 e. The zero-order chi connectivity index (χ0) is 13.2. The van der Waals surface area contributed by atoms with Gasteiger partial charge in [0.1, 0.15) is 0 Å². The van der Waals surface area contributed by atoms with Crippen LogP contribution in [0.15, 0.2) is 0 Å². The van der Waals surface area contributed by atoms with Gasteiger partial charge in [-0.05, 0) is 63.6 Å². The normalized spacial score (nSPS) is 32.7. The van der Waals surface area contributed by atoms with E-state index >= 15 is 0 Å². The second-order valence-electron chi connectivity index (χ2n) is 7.86. The van der Waals surface area contributed by atoms with E-state index in [9.17, 15) is 0 Å². The van der Waals surface area contributed by atoms with E-state index in [1.54, 1.807) is 0 Å². The molecule has 2 aliphatic heterocycles. The first-order valence-electron chi connectivity index (χ1n) is 7.86. The Morgan fingerprint density at radius 2 is 1.83 bits per heavy atom. The molecule has 1 atom stereocenters. The Labute approximate surface area is 114 Å². The van der Waals surface area contributed by atoms with E-state index in [0.29, 0.717) is 11.0 Å². The van der Waals surface area contributed by atoms with Gasteiger partial charge in [-0.2, -0.15) is 0 Å². The van der Waals surface area contributed by atoms with Crippen LogP contribution in [0.2, 0.25) is 0 Å². The Hall–Kier alpha value is -0.0800. The summed E-state index contributed by atoms with van der Waals surface area (Å²) in [7, 11) is 0. The number of rotatable bonds is 2. The average molecular weight is 252 g/mol. The van der Waals surface area contributed by atoms with Crippen LogP contribution < -0.4 is 5.32 Å². The van der Waals surface area contributed by atoms with Gasteiger partial charge in [-0.1, -0.05) is 27.2 Å². The van der Waals surface area contributed by atoms with Crippen LogP contribution in [0.4, 0.5) is 0 Å². The highest BCUT2D eigenvalue weighted by Crippen LogP contribution is 2.34. The molecule has 18 heavy (non-hydrogen) atoms. The Morgan fingerprint density at radius 1 is 1.17 bits per heavy atom. The quantitative estimate of drug-likeness (QED) is 0.811. The Balaban J connectivity index is 1.79. The Bertz CT molecular complexity index is 253. The van der Waals surface area contributed by atoms with E-state index in [-0.39, 0.29) is 0 Å². The van der Waals surface area contributed by atoms with Crippen LogP contribution in [0.3, 0.4) is 0 Å². The number of hydrogen-bond donors (Lipinski definition) is 1. The van der Waals surface area contributed by atoms with E-state index in [1.165, 1.54) is 58.3 Å². The summed E-state index contributed by atoms with van der Waals surface area (Å²) < 4.78 is 0. The maximum Gasteiger partial charge on any atom is 0.0280 e. The number of nitrogens with zero attached hydrogens (tertiary/aromatic N) is 1. The molecule has 0 spiro atoms. The lowest BCUT2D eigenvalue weighted by Crippen LogP contribution is -2.55. The van der Waals surface area contributed by atoms with E-state index < -0.39 is 0 Å². The number of piperidine rings is 2. The molecule has 2 rings (SSSR count). The minimum absolute atomic E-state index is 0.382. The molecule has 1 unspecified atom stereocenters. The highest BCUT2D eigenvalue weighted by molar-refractivity contribution is 4.91. The summed E-state index contributed by atoms with van der Waals surface area (Å²) in [6.45, 7) is 14.7. The largest absolute Gasteiger partial charge is 0.310 e. The van der Waals surface area contributed by atoms with Gasteiger partial charge in [0.05, 0.1) is 0 Å². The molecule has 0 bridgehead atoms. The van der Waals surface area contributed by atoms with E-state index in [4.69, 9.17) is 0 Å². The zero-order valence-electron chi connectivity index (χ0n) is 12.9. The molecule has 0 radical (unpaired) electrons. The number of hydrogen-bond acceptors (Lipinski definition) is 2. The predicted molar refractivity (Wildman–Crippen MR) is 78.9 cm³/mol. The van der Waals surface area contributed by atoms with Crippen LogP contribution in [-0.4, -0.2) is 36.6 Å². The fourth-order valence-corrected chi connectivity index (χ4v) is 3.70. The highest BCUT2D eigenvalue weighted by Gasteiger charge is 2.33. The summed E-state index contributed by atoms with van der Waals surface area (Å²) in [5.41, 5.74) is 0.881. The van der Waals surface area contributed by atoms with Gasteiger partial charge in [0.2, 0.25) is 0 Å². The monoisotopic (exact) mass is 252 g/mol. The van der Waals surface area contributed by atoms with Crippen molar-refractivity contribution in [3.05, 3.63) is 0 Å². The van der Waals surface area contributed by atoms with Crippen molar-refractivity contribution in [1.82, 2.24) is 10.2 Å². The summed E-state index contributed by atoms with van der Waals surface area (Å²) in [4.78, 5) is 2.70. The summed E-state index contributed by atoms with van der Waals surface area (Å²) in [5, 5.41) is 3.74. The molecule has 0 aromatic heterocycles. The van der Waals surface area contributed by atoms with Gasteiger partial charge in [0, 0.05) is 12.1 Å². The van der Waals surface area contributed by atoms with Crippen LogP contribution in [0.25, 0.3) is 0 Å². The minimum atomic E-state index is 0.382. The first-order chi connectivity index (χ1) is 8.39. The summed E-state index contributed by atoms with van der Waals surface area (Å²) in [6, 6.07) is 0. The molecule has 0 amide bonds. The summed E-state index contributed by atoms with van der Waals surface area (Å²) in [6.07, 6.45) is 6.90. The second-order valence-corrected chi connectivity index (χ2v) is 7.86. The predicted octanol–water partition coefficient (Wildman–Crippen LogP) is 3.28. The Kier molecular flexibility index (Phi) is 4.38.